The number of Topliss-reactive ketones (excluding diaryl/α,β-unsaturated/α-hetero) is 1. The molecule has 5 rings (SSSR count). The maximum Gasteiger partial charge on any atom is 0.420 e. The summed E-state index contributed by atoms with van der Waals surface area (Å²) in [7, 11) is 0. The molecule has 0 N–H and O–H groups in total. The van der Waals surface area contributed by atoms with Gasteiger partial charge in [-0.05, 0) is 60.2 Å². The van der Waals surface area contributed by atoms with Crippen LogP contribution < -0.4 is 9.64 Å². The van der Waals surface area contributed by atoms with Crippen molar-refractivity contribution >= 4 is 33.5 Å². The van der Waals surface area contributed by atoms with Crippen molar-refractivity contribution < 1.29 is 23.5 Å². The van der Waals surface area contributed by atoms with E-state index in [9.17, 15) is 14.0 Å². The summed E-state index contributed by atoms with van der Waals surface area (Å²) in [6, 6.07) is 29.3. The van der Waals surface area contributed by atoms with E-state index in [1.54, 1.807) is 11.0 Å². The molecule has 1 fully saturated rings. The summed E-state index contributed by atoms with van der Waals surface area (Å²) in [5, 5.41) is 0. The summed E-state index contributed by atoms with van der Waals surface area (Å²) in [6.45, 7) is 0.333. The third kappa shape index (κ3) is 5.68. The first-order valence-electron chi connectivity index (χ1n) is 12.0. The molecule has 0 bridgehead atoms. The minimum Gasteiger partial charge on any atom is -0.488 e. The fourth-order valence-electron chi connectivity index (χ4n) is 4.27. The molecule has 1 atom stereocenters. The number of carbonyl (C=O) groups excluding carboxylic acids is 2. The van der Waals surface area contributed by atoms with E-state index in [1.807, 2.05) is 78.9 Å². The Morgan fingerprint density at radius 2 is 1.63 bits per heavy atom. The number of halogens is 2. The average molecular weight is 572 g/mol. The monoisotopic (exact) mass is 571 g/mol. The highest BCUT2D eigenvalue weighted by Gasteiger charge is 2.41. The quantitative estimate of drug-likeness (QED) is 0.201. The summed E-state index contributed by atoms with van der Waals surface area (Å²) in [5.41, 5.74) is 2.73. The first-order chi connectivity index (χ1) is 18.5. The number of hydrogen-bond acceptors (Lipinski definition) is 4. The Morgan fingerprint density at radius 1 is 0.947 bits per heavy atom. The van der Waals surface area contributed by atoms with Gasteiger partial charge in [0, 0.05) is 27.7 Å². The van der Waals surface area contributed by atoms with E-state index in [4.69, 9.17) is 9.47 Å². The Hall–Kier alpha value is -4.23. The normalized spacial score (nSPS) is 15.9. The van der Waals surface area contributed by atoms with Gasteiger partial charge in [0.05, 0.1) is 0 Å². The smallest absolute Gasteiger partial charge is 0.420 e. The number of carbonyl (C=O) groups is 2. The highest BCUT2D eigenvalue weighted by atomic mass is 79.9. The fraction of sp³-hybridized carbons (Fsp3) is 0.0968. The van der Waals surface area contributed by atoms with Crippen LogP contribution in [0.25, 0.3) is 0 Å². The molecule has 38 heavy (non-hydrogen) atoms. The summed E-state index contributed by atoms with van der Waals surface area (Å²) in [5.74, 6) is 0.257. The molecule has 0 saturated carbocycles. The maximum absolute atomic E-state index is 13.3. The van der Waals surface area contributed by atoms with Crippen molar-refractivity contribution in [2.75, 3.05) is 4.90 Å². The number of ketones is 1. The van der Waals surface area contributed by atoms with Crippen molar-refractivity contribution in [3.8, 4) is 5.75 Å². The van der Waals surface area contributed by atoms with E-state index in [1.165, 1.54) is 24.3 Å². The van der Waals surface area contributed by atoms with E-state index in [-0.39, 0.29) is 12.2 Å². The van der Waals surface area contributed by atoms with Crippen LogP contribution in [0.2, 0.25) is 0 Å². The Kier molecular flexibility index (Phi) is 7.65. The molecule has 4 aromatic rings. The Labute approximate surface area is 228 Å². The van der Waals surface area contributed by atoms with Gasteiger partial charge in [0.2, 0.25) is 0 Å². The van der Waals surface area contributed by atoms with Crippen LogP contribution in [-0.2, 0) is 11.3 Å². The van der Waals surface area contributed by atoms with Gasteiger partial charge in [-0.2, -0.15) is 0 Å². The van der Waals surface area contributed by atoms with Gasteiger partial charge < -0.3 is 9.47 Å². The number of para-hydroxylation sites is 1. The number of ether oxygens (including phenoxy) is 2. The minimum atomic E-state index is -0.662. The van der Waals surface area contributed by atoms with Crippen LogP contribution >= 0.6 is 15.9 Å². The molecule has 1 heterocycles. The van der Waals surface area contributed by atoms with Crippen LogP contribution in [0.4, 0.5) is 14.9 Å². The molecule has 0 radical (unpaired) electrons. The van der Waals surface area contributed by atoms with E-state index in [0.717, 1.165) is 10.0 Å². The van der Waals surface area contributed by atoms with Crippen LogP contribution in [0.5, 0.6) is 5.75 Å². The second-order valence-electron chi connectivity index (χ2n) is 8.67. The molecule has 0 spiro atoms. The lowest BCUT2D eigenvalue weighted by Gasteiger charge is -2.24. The van der Waals surface area contributed by atoms with Crippen molar-refractivity contribution in [2.45, 2.75) is 19.1 Å². The van der Waals surface area contributed by atoms with Crippen LogP contribution in [0, 0.1) is 5.82 Å². The molecule has 0 aliphatic carbocycles. The minimum absolute atomic E-state index is 0.0237. The maximum atomic E-state index is 13.3. The molecule has 190 valence electrons. The molecular weight excluding hydrogens is 549 g/mol. The van der Waals surface area contributed by atoms with Gasteiger partial charge in [0.1, 0.15) is 30.0 Å². The van der Waals surface area contributed by atoms with Gasteiger partial charge >= 0.3 is 6.09 Å². The molecule has 1 saturated heterocycles. The standard InChI is InChI=1S/C31H23BrFNO4/c32-23-13-16-26(29(19-23)37-20-21-7-3-1-4-8-21)30-28(18-17-27(35)22-11-14-24(33)15-12-22)38-31(36)34(30)25-9-5-2-6-10-25/h1-16,18-19,30H,17,20H2/t30-/m1/s1. The first-order valence-corrected chi connectivity index (χ1v) is 12.8. The zero-order valence-corrected chi connectivity index (χ0v) is 21.8. The van der Waals surface area contributed by atoms with Gasteiger partial charge in [-0.3, -0.25) is 9.69 Å². The topological polar surface area (TPSA) is 55.8 Å². The third-order valence-electron chi connectivity index (χ3n) is 6.13. The lowest BCUT2D eigenvalue weighted by molar-refractivity contribution is 0.0994. The van der Waals surface area contributed by atoms with E-state index in [2.05, 4.69) is 15.9 Å². The van der Waals surface area contributed by atoms with Crippen LogP contribution in [0.1, 0.15) is 33.9 Å². The van der Waals surface area contributed by atoms with Gasteiger partial charge in [0.15, 0.2) is 5.78 Å². The SMILES string of the molecule is O=C(CC=C1OC(=O)N(c2ccccc2)[C@@H]1c1ccc(Br)cc1OCc1ccccc1)c1ccc(F)cc1. The fourth-order valence-corrected chi connectivity index (χ4v) is 4.61. The van der Waals surface area contributed by atoms with Crippen molar-refractivity contribution in [2.24, 2.45) is 0 Å². The average Bonchev–Trinajstić information content (AvgIpc) is 3.27. The Bertz CT molecular complexity index is 1470. The van der Waals surface area contributed by atoms with Crippen LogP contribution in [-0.4, -0.2) is 11.9 Å². The molecule has 0 aromatic heterocycles. The van der Waals surface area contributed by atoms with Crippen LogP contribution in [0.15, 0.2) is 119 Å². The van der Waals surface area contributed by atoms with E-state index < -0.39 is 18.0 Å². The lowest BCUT2D eigenvalue weighted by atomic mass is 10.0. The van der Waals surface area contributed by atoms with Gasteiger partial charge in [-0.1, -0.05) is 70.5 Å². The highest BCUT2D eigenvalue weighted by Crippen LogP contribution is 2.44. The Morgan fingerprint density at radius 3 is 2.34 bits per heavy atom. The van der Waals surface area contributed by atoms with E-state index >= 15 is 0 Å². The molecule has 5 nitrogen and oxygen atoms in total. The van der Waals surface area contributed by atoms with Gasteiger partial charge in [-0.15, -0.1) is 0 Å². The molecular formula is C31H23BrFNO4. The number of anilines is 1. The summed E-state index contributed by atoms with van der Waals surface area (Å²) < 4.78 is 26.1. The molecule has 1 aliphatic heterocycles. The first kappa shape index (κ1) is 25.4. The molecule has 0 unspecified atom stereocenters. The van der Waals surface area contributed by atoms with Crippen molar-refractivity contribution in [1.82, 2.24) is 0 Å². The third-order valence-corrected chi connectivity index (χ3v) is 6.62. The van der Waals surface area contributed by atoms with Crippen molar-refractivity contribution in [1.29, 1.82) is 0 Å². The number of amides is 1. The summed E-state index contributed by atoms with van der Waals surface area (Å²) >= 11 is 3.52. The number of allylic oxidation sites excluding steroid dienone is 1. The lowest BCUT2D eigenvalue weighted by Crippen LogP contribution is -2.27. The largest absolute Gasteiger partial charge is 0.488 e. The summed E-state index contributed by atoms with van der Waals surface area (Å²) in [6.07, 6.45) is 1.03. The second-order valence-corrected chi connectivity index (χ2v) is 9.59. The van der Waals surface area contributed by atoms with Gasteiger partial charge in [0.25, 0.3) is 0 Å². The number of benzene rings is 4. The molecule has 1 amide bonds. The number of cyclic esters (lactones) is 1. The zero-order valence-electron chi connectivity index (χ0n) is 20.2. The van der Waals surface area contributed by atoms with Crippen molar-refractivity contribution in [3.63, 3.8) is 0 Å². The van der Waals surface area contributed by atoms with E-state index in [0.29, 0.717) is 34.9 Å². The van der Waals surface area contributed by atoms with Crippen molar-refractivity contribution in [3.05, 3.63) is 142 Å². The number of nitrogens with zero attached hydrogens (tertiary/aromatic N) is 1. The van der Waals surface area contributed by atoms with Gasteiger partial charge in [-0.25, -0.2) is 9.18 Å². The Balaban J connectivity index is 1.52. The summed E-state index contributed by atoms with van der Waals surface area (Å²) in [4.78, 5) is 27.5. The molecule has 1 aliphatic rings. The molecule has 4 aromatic carbocycles. The highest BCUT2D eigenvalue weighted by molar-refractivity contribution is 9.10. The number of rotatable bonds is 8. The molecule has 7 heteroatoms. The predicted molar refractivity (Wildman–Crippen MR) is 146 cm³/mol. The second kappa shape index (κ2) is 11.4. The van der Waals surface area contributed by atoms with Crippen LogP contribution in [0.3, 0.4) is 0 Å². The predicted octanol–water partition coefficient (Wildman–Crippen LogP) is 8.02. The zero-order chi connectivity index (χ0) is 26.5. The number of hydrogen-bond donors (Lipinski definition) is 0.